The summed E-state index contributed by atoms with van der Waals surface area (Å²) in [5, 5.41) is 31.5. The zero-order valence-electron chi connectivity index (χ0n) is 22.2. The number of hydrogen-bond donors (Lipinski definition) is 6. The number of nitrogens with one attached hydrogen (secondary N) is 4. The number of carbonyl (C=O) groups is 2. The van der Waals surface area contributed by atoms with Crippen LogP contribution in [0.2, 0.25) is 0 Å². The lowest BCUT2D eigenvalue weighted by Gasteiger charge is -2.23. The van der Waals surface area contributed by atoms with Gasteiger partial charge in [0.25, 0.3) is 11.8 Å². The third-order valence-electron chi connectivity index (χ3n) is 6.56. The largest absolute Gasteiger partial charge is 0.394 e. The number of rotatable bonds is 10. The second kappa shape index (κ2) is 11.0. The molecule has 206 valence electrons. The zero-order chi connectivity index (χ0) is 28.4. The van der Waals surface area contributed by atoms with Crippen LogP contribution in [-0.4, -0.2) is 56.9 Å². The van der Waals surface area contributed by atoms with Crippen LogP contribution >= 0.6 is 0 Å². The van der Waals surface area contributed by atoms with E-state index in [0.29, 0.717) is 11.3 Å². The van der Waals surface area contributed by atoms with E-state index in [4.69, 9.17) is 0 Å². The minimum Gasteiger partial charge on any atom is -0.394 e. The highest BCUT2D eigenvalue weighted by Crippen LogP contribution is 2.33. The average Bonchev–Trinajstić information content (AvgIpc) is 3.12. The first-order chi connectivity index (χ1) is 18.4. The molecule has 1 aromatic heterocycles. The molecule has 2 heterocycles. The fourth-order valence-electron chi connectivity index (χ4n) is 4.22. The summed E-state index contributed by atoms with van der Waals surface area (Å²) < 4.78 is 14.3. The van der Waals surface area contributed by atoms with Crippen molar-refractivity contribution >= 4 is 29.3 Å². The van der Waals surface area contributed by atoms with Crippen LogP contribution in [0.4, 0.5) is 21.8 Å². The third-order valence-corrected chi connectivity index (χ3v) is 6.56. The summed E-state index contributed by atoms with van der Waals surface area (Å²) in [6.45, 7) is 5.75. The predicted octanol–water partition coefficient (Wildman–Crippen LogP) is 3.18. The average molecular weight is 537 g/mol. The van der Waals surface area contributed by atoms with Crippen molar-refractivity contribution in [1.82, 2.24) is 20.6 Å². The van der Waals surface area contributed by atoms with Gasteiger partial charge in [-0.05, 0) is 57.0 Å². The van der Waals surface area contributed by atoms with Crippen molar-refractivity contribution < 1.29 is 24.2 Å². The molecule has 2 atom stereocenters. The Labute approximate surface area is 226 Å². The molecular weight excluding hydrogens is 503 g/mol. The fraction of sp³-hybridized carbons (Fsp3) is 0.357. The number of nitrogens with zero attached hydrogens (tertiary/aromatic N) is 2. The summed E-state index contributed by atoms with van der Waals surface area (Å²) in [6.07, 6.45) is -0.397. The van der Waals surface area contributed by atoms with Gasteiger partial charge in [-0.3, -0.25) is 9.59 Å². The van der Waals surface area contributed by atoms with E-state index in [9.17, 15) is 24.2 Å². The van der Waals surface area contributed by atoms with Crippen LogP contribution < -0.4 is 21.3 Å². The normalized spacial score (nSPS) is 15.6. The molecule has 0 unspecified atom stereocenters. The molecule has 0 saturated heterocycles. The van der Waals surface area contributed by atoms with Crippen LogP contribution in [0.15, 0.2) is 54.7 Å². The molecule has 0 bridgehead atoms. The monoisotopic (exact) mass is 536 g/mol. The summed E-state index contributed by atoms with van der Waals surface area (Å²) in [7, 11) is 0. The number of hydrogen-bond acceptors (Lipinski definition) is 8. The van der Waals surface area contributed by atoms with Crippen molar-refractivity contribution in [2.45, 2.75) is 51.0 Å². The maximum Gasteiger partial charge on any atom is 0.256 e. The van der Waals surface area contributed by atoms with Gasteiger partial charge < -0.3 is 31.5 Å². The van der Waals surface area contributed by atoms with Gasteiger partial charge in [-0.2, -0.15) is 4.98 Å². The lowest BCUT2D eigenvalue weighted by molar-refractivity contribution is -0.00178. The summed E-state index contributed by atoms with van der Waals surface area (Å²) >= 11 is 0. The van der Waals surface area contributed by atoms with Gasteiger partial charge in [-0.1, -0.05) is 30.3 Å². The molecule has 3 aromatic rings. The molecule has 10 nitrogen and oxygen atoms in total. The quantitative estimate of drug-likeness (QED) is 0.231. The number of aliphatic hydroxyl groups is 2. The van der Waals surface area contributed by atoms with Crippen molar-refractivity contribution in [1.29, 1.82) is 0 Å². The summed E-state index contributed by atoms with van der Waals surface area (Å²) in [4.78, 5) is 34.0. The van der Waals surface area contributed by atoms with E-state index in [1.54, 1.807) is 12.1 Å². The third kappa shape index (κ3) is 6.32. The van der Waals surface area contributed by atoms with E-state index < -0.39 is 35.8 Å². The van der Waals surface area contributed by atoms with Gasteiger partial charge in [0.05, 0.1) is 30.3 Å². The number of benzene rings is 2. The van der Waals surface area contributed by atoms with Gasteiger partial charge in [-0.25, -0.2) is 9.37 Å². The molecule has 0 aliphatic carbocycles. The number of anilines is 3. The number of amides is 2. The Morgan fingerprint density at radius 1 is 1.18 bits per heavy atom. The van der Waals surface area contributed by atoms with Crippen LogP contribution in [-0.2, 0) is 5.54 Å². The first-order valence-electron chi connectivity index (χ1n) is 12.6. The van der Waals surface area contributed by atoms with Gasteiger partial charge in [0.15, 0.2) is 0 Å². The summed E-state index contributed by atoms with van der Waals surface area (Å²) in [5.41, 5.74) is 0.676. The standard InChI is InChI=1S/C28H33FN6O4/c1-27(2)20-12-17(10-11-18(20)25(38)35-27)32-26-31-13-19(24(37)30-14-22(29)28(3,4)39)23(34-26)33-21(15-36)16-8-6-5-7-9-16/h5-13,21-22,36,39H,14-15H2,1-4H3,(H,30,37)(H,35,38)(H2,31,32,33,34)/t21-,22-/m1/s1. The molecule has 2 aromatic carbocycles. The van der Waals surface area contributed by atoms with Crippen LogP contribution in [0.5, 0.6) is 0 Å². The Bertz CT molecular complexity index is 1360. The molecule has 6 N–H and O–H groups in total. The lowest BCUT2D eigenvalue weighted by atomic mass is 9.94. The molecule has 39 heavy (non-hydrogen) atoms. The highest BCUT2D eigenvalue weighted by atomic mass is 19.1. The number of carbonyl (C=O) groups excluding carboxylic acids is 2. The first kappa shape index (κ1) is 27.9. The second-order valence-corrected chi connectivity index (χ2v) is 10.5. The second-order valence-electron chi connectivity index (χ2n) is 10.5. The maximum atomic E-state index is 14.3. The van der Waals surface area contributed by atoms with E-state index in [2.05, 4.69) is 31.2 Å². The van der Waals surface area contributed by atoms with Gasteiger partial charge in [-0.15, -0.1) is 0 Å². The number of aromatic nitrogens is 2. The van der Waals surface area contributed by atoms with Crippen LogP contribution in [0.3, 0.4) is 0 Å². The Kier molecular flexibility index (Phi) is 7.84. The van der Waals surface area contributed by atoms with Crippen LogP contribution in [0, 0.1) is 0 Å². The summed E-state index contributed by atoms with van der Waals surface area (Å²) in [5.74, 6) is -0.515. The number of fused-ring (bicyclic) bond motifs is 1. The molecule has 1 aliphatic heterocycles. The highest BCUT2D eigenvalue weighted by Gasteiger charge is 2.35. The van der Waals surface area contributed by atoms with E-state index >= 15 is 0 Å². The van der Waals surface area contributed by atoms with Gasteiger partial charge in [0.2, 0.25) is 5.95 Å². The molecular formula is C28H33FN6O4. The SMILES string of the molecule is CC1(C)NC(=O)c2ccc(Nc3ncc(C(=O)NC[C@@H](F)C(C)(C)O)c(N[C@H](CO)c4ccccc4)n3)cc21. The fourth-order valence-corrected chi connectivity index (χ4v) is 4.22. The van der Waals surface area contributed by atoms with Gasteiger partial charge >= 0.3 is 0 Å². The van der Waals surface area contributed by atoms with Crippen molar-refractivity contribution in [3.63, 3.8) is 0 Å². The Morgan fingerprint density at radius 2 is 1.90 bits per heavy atom. The van der Waals surface area contributed by atoms with Crippen LogP contribution in [0.25, 0.3) is 0 Å². The molecule has 2 amide bonds. The topological polar surface area (TPSA) is 148 Å². The number of halogens is 1. The Balaban J connectivity index is 1.64. The molecule has 4 rings (SSSR count). The Hall–Kier alpha value is -4.09. The molecule has 0 fully saturated rings. The minimum absolute atomic E-state index is 0.0303. The van der Waals surface area contributed by atoms with Crippen molar-refractivity contribution in [2.24, 2.45) is 0 Å². The summed E-state index contributed by atoms with van der Waals surface area (Å²) in [6, 6.07) is 13.8. The maximum absolute atomic E-state index is 14.3. The predicted molar refractivity (Wildman–Crippen MR) is 146 cm³/mol. The van der Waals surface area contributed by atoms with E-state index in [1.807, 2.05) is 50.2 Å². The highest BCUT2D eigenvalue weighted by molar-refractivity contribution is 6.00. The molecule has 0 spiro atoms. The molecule has 0 radical (unpaired) electrons. The first-order valence-corrected chi connectivity index (χ1v) is 12.6. The van der Waals surface area contributed by atoms with Crippen LogP contribution in [0.1, 0.15) is 65.6 Å². The van der Waals surface area contributed by atoms with Crippen molar-refractivity contribution in [3.8, 4) is 0 Å². The van der Waals surface area contributed by atoms with Gasteiger partial charge in [0.1, 0.15) is 17.6 Å². The van der Waals surface area contributed by atoms with E-state index in [0.717, 1.165) is 11.1 Å². The minimum atomic E-state index is -1.69. The Morgan fingerprint density at radius 3 is 2.56 bits per heavy atom. The smallest absolute Gasteiger partial charge is 0.256 e. The van der Waals surface area contributed by atoms with Crippen molar-refractivity contribution in [3.05, 3.63) is 77.0 Å². The molecule has 11 heteroatoms. The lowest BCUT2D eigenvalue weighted by Crippen LogP contribution is -2.42. The van der Waals surface area contributed by atoms with E-state index in [-0.39, 0.29) is 29.8 Å². The van der Waals surface area contributed by atoms with Gasteiger partial charge in [0, 0.05) is 17.4 Å². The van der Waals surface area contributed by atoms with Crippen molar-refractivity contribution in [2.75, 3.05) is 23.8 Å². The molecule has 1 aliphatic rings. The number of alkyl halides is 1. The number of aliphatic hydroxyl groups excluding tert-OH is 1. The molecule has 0 saturated carbocycles. The zero-order valence-corrected chi connectivity index (χ0v) is 22.2. The van der Waals surface area contributed by atoms with E-state index in [1.165, 1.54) is 20.0 Å².